The van der Waals surface area contributed by atoms with Crippen molar-refractivity contribution < 1.29 is 19.0 Å². The molecule has 5 heteroatoms. The van der Waals surface area contributed by atoms with E-state index in [9.17, 15) is 4.79 Å². The van der Waals surface area contributed by atoms with E-state index in [0.717, 1.165) is 5.56 Å². The van der Waals surface area contributed by atoms with Crippen molar-refractivity contribution in [3.63, 3.8) is 0 Å². The summed E-state index contributed by atoms with van der Waals surface area (Å²) in [6.07, 6.45) is -0.118. The fourth-order valence-corrected chi connectivity index (χ4v) is 3.26. The summed E-state index contributed by atoms with van der Waals surface area (Å²) >= 11 is 0. The van der Waals surface area contributed by atoms with Crippen LogP contribution in [-0.4, -0.2) is 36.3 Å². The molecular weight excluding hydrogens is 318 g/mol. The number of carbonyl (C=O) groups is 1. The molecule has 1 unspecified atom stereocenters. The molecule has 2 aliphatic heterocycles. The second kappa shape index (κ2) is 6.08. The van der Waals surface area contributed by atoms with Crippen LogP contribution in [-0.2, 0) is 4.74 Å². The third kappa shape index (κ3) is 2.96. The minimum Gasteiger partial charge on any atom is -0.454 e. The van der Waals surface area contributed by atoms with Gasteiger partial charge in [-0.15, -0.1) is 0 Å². The Labute approximate surface area is 147 Å². The molecule has 25 heavy (non-hydrogen) atoms. The topological polar surface area (TPSA) is 48.0 Å². The molecule has 1 fully saturated rings. The van der Waals surface area contributed by atoms with Crippen LogP contribution in [0, 0.1) is 0 Å². The summed E-state index contributed by atoms with van der Waals surface area (Å²) < 4.78 is 16.8. The zero-order chi connectivity index (χ0) is 17.4. The summed E-state index contributed by atoms with van der Waals surface area (Å²) in [7, 11) is 0. The minimum atomic E-state index is -0.376. The van der Waals surface area contributed by atoms with Gasteiger partial charge in [0, 0.05) is 5.56 Å². The molecule has 5 nitrogen and oxygen atoms in total. The van der Waals surface area contributed by atoms with Gasteiger partial charge in [-0.05, 0) is 37.6 Å². The fourth-order valence-electron chi connectivity index (χ4n) is 3.26. The van der Waals surface area contributed by atoms with Gasteiger partial charge in [-0.1, -0.05) is 30.3 Å². The Morgan fingerprint density at radius 1 is 1.08 bits per heavy atom. The van der Waals surface area contributed by atoms with Crippen LogP contribution in [0.25, 0.3) is 0 Å². The van der Waals surface area contributed by atoms with E-state index < -0.39 is 0 Å². The molecule has 2 aromatic carbocycles. The number of hydrogen-bond donors (Lipinski definition) is 0. The van der Waals surface area contributed by atoms with Crippen LogP contribution in [0.15, 0.2) is 48.5 Å². The number of morpholine rings is 1. The number of nitrogens with zero attached hydrogens (tertiary/aromatic N) is 1. The van der Waals surface area contributed by atoms with Crippen LogP contribution < -0.4 is 9.47 Å². The van der Waals surface area contributed by atoms with Crippen LogP contribution in [0.4, 0.5) is 0 Å². The van der Waals surface area contributed by atoms with Crippen LogP contribution >= 0.6 is 0 Å². The van der Waals surface area contributed by atoms with Crippen molar-refractivity contribution in [3.8, 4) is 11.5 Å². The largest absolute Gasteiger partial charge is 0.454 e. The first-order valence-electron chi connectivity index (χ1n) is 8.43. The SMILES string of the molecule is CC1(C)COC(c2ccccc2)CN1C(=O)c1ccc2c(c1)OCO2. The third-order valence-electron chi connectivity index (χ3n) is 4.75. The van der Waals surface area contributed by atoms with Crippen molar-refractivity contribution in [2.24, 2.45) is 0 Å². The first kappa shape index (κ1) is 16.0. The van der Waals surface area contributed by atoms with Crippen LogP contribution in [0.5, 0.6) is 11.5 Å². The first-order chi connectivity index (χ1) is 12.0. The van der Waals surface area contributed by atoms with Gasteiger partial charge in [0.15, 0.2) is 11.5 Å². The van der Waals surface area contributed by atoms with Gasteiger partial charge in [0.05, 0.1) is 18.7 Å². The zero-order valence-electron chi connectivity index (χ0n) is 14.4. The first-order valence-corrected chi connectivity index (χ1v) is 8.43. The van der Waals surface area contributed by atoms with Crippen molar-refractivity contribution in [3.05, 3.63) is 59.7 Å². The normalized spacial score (nSPS) is 21.2. The summed E-state index contributed by atoms with van der Waals surface area (Å²) in [6.45, 7) is 5.26. The van der Waals surface area contributed by atoms with E-state index in [2.05, 4.69) is 0 Å². The second-order valence-corrected chi connectivity index (χ2v) is 7.01. The van der Waals surface area contributed by atoms with E-state index in [1.54, 1.807) is 18.2 Å². The van der Waals surface area contributed by atoms with Crippen molar-refractivity contribution in [1.29, 1.82) is 0 Å². The van der Waals surface area contributed by atoms with Gasteiger partial charge < -0.3 is 19.1 Å². The molecule has 0 radical (unpaired) electrons. The number of hydrogen-bond acceptors (Lipinski definition) is 4. The van der Waals surface area contributed by atoms with Gasteiger partial charge in [-0.25, -0.2) is 0 Å². The third-order valence-corrected chi connectivity index (χ3v) is 4.75. The van der Waals surface area contributed by atoms with Gasteiger partial charge in [-0.3, -0.25) is 4.79 Å². The molecule has 2 aliphatic rings. The number of amides is 1. The monoisotopic (exact) mass is 339 g/mol. The molecule has 0 bridgehead atoms. The average Bonchev–Trinajstić information content (AvgIpc) is 3.09. The van der Waals surface area contributed by atoms with Crippen molar-refractivity contribution >= 4 is 5.91 Å². The second-order valence-electron chi connectivity index (χ2n) is 7.01. The maximum atomic E-state index is 13.2. The van der Waals surface area contributed by atoms with Gasteiger partial charge in [0.1, 0.15) is 6.10 Å². The van der Waals surface area contributed by atoms with Crippen molar-refractivity contribution in [2.75, 3.05) is 19.9 Å². The van der Waals surface area contributed by atoms with E-state index >= 15 is 0 Å². The van der Waals surface area contributed by atoms with E-state index in [-0.39, 0.29) is 24.3 Å². The molecule has 2 heterocycles. The van der Waals surface area contributed by atoms with Crippen molar-refractivity contribution in [1.82, 2.24) is 4.90 Å². The molecular formula is C20H21NO4. The van der Waals surface area contributed by atoms with E-state index in [0.29, 0.717) is 30.2 Å². The lowest BCUT2D eigenvalue weighted by Crippen LogP contribution is -2.56. The Bertz CT molecular complexity index is 788. The lowest BCUT2D eigenvalue weighted by Gasteiger charge is -2.45. The average molecular weight is 339 g/mol. The summed E-state index contributed by atoms with van der Waals surface area (Å²) in [6, 6.07) is 15.4. The summed E-state index contributed by atoms with van der Waals surface area (Å²) in [5.74, 6) is 1.28. The predicted octanol–water partition coefficient (Wildman–Crippen LogP) is 3.41. The van der Waals surface area contributed by atoms with Gasteiger partial charge >= 0.3 is 0 Å². The summed E-state index contributed by atoms with van der Waals surface area (Å²) in [5, 5.41) is 0. The highest BCUT2D eigenvalue weighted by atomic mass is 16.7. The Balaban J connectivity index is 1.61. The molecule has 1 saturated heterocycles. The maximum absolute atomic E-state index is 13.2. The molecule has 130 valence electrons. The predicted molar refractivity (Wildman–Crippen MR) is 92.8 cm³/mol. The standard InChI is InChI=1S/C20H21NO4/c1-20(2)12-23-18(14-6-4-3-5-7-14)11-21(20)19(22)15-8-9-16-17(10-15)25-13-24-16/h3-10,18H,11-13H2,1-2H3. The summed E-state index contributed by atoms with van der Waals surface area (Å²) in [5.41, 5.74) is 1.31. The van der Waals surface area contributed by atoms with Crippen molar-refractivity contribution in [2.45, 2.75) is 25.5 Å². The Kier molecular flexibility index (Phi) is 3.88. The zero-order valence-corrected chi connectivity index (χ0v) is 14.4. The molecule has 0 aliphatic carbocycles. The number of fused-ring (bicyclic) bond motifs is 1. The Morgan fingerprint density at radius 3 is 2.64 bits per heavy atom. The highest BCUT2D eigenvalue weighted by molar-refractivity contribution is 5.95. The highest BCUT2D eigenvalue weighted by Gasteiger charge is 2.39. The van der Waals surface area contributed by atoms with Crippen LogP contribution in [0.1, 0.15) is 35.9 Å². The Hall–Kier alpha value is -2.53. The van der Waals surface area contributed by atoms with E-state index in [4.69, 9.17) is 14.2 Å². The number of ether oxygens (including phenoxy) is 3. The highest BCUT2D eigenvalue weighted by Crippen LogP contribution is 2.35. The quantitative estimate of drug-likeness (QED) is 0.841. The van der Waals surface area contributed by atoms with Crippen LogP contribution in [0.2, 0.25) is 0 Å². The number of benzene rings is 2. The lowest BCUT2D eigenvalue weighted by molar-refractivity contribution is -0.0846. The summed E-state index contributed by atoms with van der Waals surface area (Å²) in [4.78, 5) is 15.1. The van der Waals surface area contributed by atoms with Crippen LogP contribution in [0.3, 0.4) is 0 Å². The van der Waals surface area contributed by atoms with E-state index in [1.807, 2.05) is 49.1 Å². The lowest BCUT2D eigenvalue weighted by atomic mass is 9.96. The molecule has 1 amide bonds. The molecule has 4 rings (SSSR count). The number of rotatable bonds is 2. The molecule has 1 atom stereocenters. The van der Waals surface area contributed by atoms with Gasteiger partial charge in [-0.2, -0.15) is 0 Å². The Morgan fingerprint density at radius 2 is 1.84 bits per heavy atom. The molecule has 0 saturated carbocycles. The molecule has 2 aromatic rings. The fraction of sp³-hybridized carbons (Fsp3) is 0.350. The van der Waals surface area contributed by atoms with E-state index in [1.165, 1.54) is 0 Å². The smallest absolute Gasteiger partial charge is 0.254 e. The van der Waals surface area contributed by atoms with Gasteiger partial charge in [0.25, 0.3) is 5.91 Å². The maximum Gasteiger partial charge on any atom is 0.254 e. The molecule has 0 N–H and O–H groups in total. The molecule has 0 aromatic heterocycles. The minimum absolute atomic E-state index is 0.0208. The van der Waals surface area contributed by atoms with Gasteiger partial charge in [0.2, 0.25) is 6.79 Å². The number of carbonyl (C=O) groups excluding carboxylic acids is 1. The molecule has 0 spiro atoms.